The molecule has 1 saturated carbocycles. The fraction of sp³-hybridized carbons (Fsp3) is 0.913. The summed E-state index contributed by atoms with van der Waals surface area (Å²) < 4.78 is 10.7. The van der Waals surface area contributed by atoms with Crippen LogP contribution in [0.4, 0.5) is 0 Å². The van der Waals surface area contributed by atoms with Crippen molar-refractivity contribution in [3.05, 3.63) is 0 Å². The van der Waals surface area contributed by atoms with Gasteiger partial charge in [-0.05, 0) is 46.0 Å². The lowest BCUT2D eigenvalue weighted by Gasteiger charge is -2.26. The van der Waals surface area contributed by atoms with Crippen LogP contribution in [0.2, 0.25) is 0 Å². The SMILES string of the molecule is CCCCCCCCCCCCOC(=O)C1CCC(C(=O)OC(C)C)CC1. The van der Waals surface area contributed by atoms with E-state index in [4.69, 9.17) is 9.47 Å². The van der Waals surface area contributed by atoms with E-state index < -0.39 is 0 Å². The minimum atomic E-state index is -0.109. The van der Waals surface area contributed by atoms with Gasteiger partial charge in [0, 0.05) is 0 Å². The van der Waals surface area contributed by atoms with Crippen molar-refractivity contribution in [1.82, 2.24) is 0 Å². The molecule has 0 radical (unpaired) electrons. The molecule has 158 valence electrons. The van der Waals surface area contributed by atoms with Gasteiger partial charge in [-0.3, -0.25) is 9.59 Å². The van der Waals surface area contributed by atoms with Crippen molar-refractivity contribution in [2.45, 2.75) is 117 Å². The Hall–Kier alpha value is -1.06. The van der Waals surface area contributed by atoms with Gasteiger partial charge in [-0.15, -0.1) is 0 Å². The number of rotatable bonds is 14. The van der Waals surface area contributed by atoms with Crippen molar-refractivity contribution < 1.29 is 19.1 Å². The van der Waals surface area contributed by atoms with Crippen LogP contribution >= 0.6 is 0 Å². The third-order valence-electron chi connectivity index (χ3n) is 5.49. The molecule has 0 aliphatic heterocycles. The van der Waals surface area contributed by atoms with Gasteiger partial charge in [0.05, 0.1) is 24.5 Å². The largest absolute Gasteiger partial charge is 0.465 e. The van der Waals surface area contributed by atoms with Crippen molar-refractivity contribution in [1.29, 1.82) is 0 Å². The van der Waals surface area contributed by atoms with Gasteiger partial charge in [-0.2, -0.15) is 0 Å². The van der Waals surface area contributed by atoms with Gasteiger partial charge in [0.2, 0.25) is 0 Å². The van der Waals surface area contributed by atoms with Crippen LogP contribution < -0.4 is 0 Å². The summed E-state index contributed by atoms with van der Waals surface area (Å²) >= 11 is 0. The van der Waals surface area contributed by atoms with E-state index in [1.165, 1.54) is 51.4 Å². The van der Waals surface area contributed by atoms with Crippen molar-refractivity contribution >= 4 is 11.9 Å². The zero-order valence-electron chi connectivity index (χ0n) is 18.0. The fourth-order valence-electron chi connectivity index (χ4n) is 3.77. The van der Waals surface area contributed by atoms with Crippen molar-refractivity contribution in [2.24, 2.45) is 11.8 Å². The average Bonchev–Trinajstić information content (AvgIpc) is 2.65. The Balaban J connectivity index is 1.98. The highest BCUT2D eigenvalue weighted by molar-refractivity contribution is 5.75. The van der Waals surface area contributed by atoms with E-state index in [9.17, 15) is 9.59 Å². The number of unbranched alkanes of at least 4 members (excludes halogenated alkanes) is 9. The quantitative estimate of drug-likeness (QED) is 0.265. The highest BCUT2D eigenvalue weighted by Crippen LogP contribution is 2.30. The molecule has 0 bridgehead atoms. The number of esters is 2. The third kappa shape index (κ3) is 11.4. The molecule has 0 amide bonds. The molecule has 1 aliphatic carbocycles. The molecule has 0 spiro atoms. The highest BCUT2D eigenvalue weighted by atomic mass is 16.5. The standard InChI is InChI=1S/C23H42O4/c1-4-5-6-7-8-9-10-11-12-13-18-26-22(24)20-14-16-21(17-15-20)23(25)27-19(2)3/h19-21H,4-18H2,1-3H3. The van der Waals surface area contributed by atoms with Gasteiger partial charge >= 0.3 is 11.9 Å². The number of ether oxygens (including phenoxy) is 2. The van der Waals surface area contributed by atoms with E-state index in [2.05, 4.69) is 6.92 Å². The monoisotopic (exact) mass is 382 g/mol. The van der Waals surface area contributed by atoms with Crippen LogP contribution in [0.15, 0.2) is 0 Å². The van der Waals surface area contributed by atoms with E-state index >= 15 is 0 Å². The second-order valence-electron chi connectivity index (χ2n) is 8.38. The first-order valence-electron chi connectivity index (χ1n) is 11.4. The van der Waals surface area contributed by atoms with Crippen LogP contribution in [0.25, 0.3) is 0 Å². The Morgan fingerprint density at radius 2 is 1.19 bits per heavy atom. The molecular formula is C23H42O4. The maximum absolute atomic E-state index is 12.2. The molecule has 1 rings (SSSR count). The van der Waals surface area contributed by atoms with E-state index in [1.807, 2.05) is 13.8 Å². The summed E-state index contributed by atoms with van der Waals surface area (Å²) in [5.41, 5.74) is 0. The number of hydrogen-bond donors (Lipinski definition) is 0. The van der Waals surface area contributed by atoms with Gasteiger partial charge in [0.15, 0.2) is 0 Å². The smallest absolute Gasteiger partial charge is 0.309 e. The Labute approximate surface area is 166 Å². The predicted molar refractivity (Wildman–Crippen MR) is 109 cm³/mol. The lowest BCUT2D eigenvalue weighted by atomic mass is 9.82. The first-order chi connectivity index (χ1) is 13.0. The van der Waals surface area contributed by atoms with Crippen LogP contribution in [-0.2, 0) is 19.1 Å². The molecular weight excluding hydrogens is 340 g/mol. The van der Waals surface area contributed by atoms with Crippen LogP contribution in [0, 0.1) is 11.8 Å². The van der Waals surface area contributed by atoms with Crippen LogP contribution in [0.1, 0.15) is 111 Å². The molecule has 1 fully saturated rings. The molecule has 27 heavy (non-hydrogen) atoms. The second kappa shape index (κ2) is 14.9. The molecule has 0 unspecified atom stereocenters. The number of hydrogen-bond acceptors (Lipinski definition) is 4. The van der Waals surface area contributed by atoms with Crippen molar-refractivity contribution in [3.63, 3.8) is 0 Å². The zero-order chi connectivity index (χ0) is 19.9. The lowest BCUT2D eigenvalue weighted by Crippen LogP contribution is -2.29. The van der Waals surface area contributed by atoms with E-state index in [1.54, 1.807) is 0 Å². The summed E-state index contributed by atoms with van der Waals surface area (Å²) in [5.74, 6) is -0.251. The number of carbonyl (C=O) groups is 2. The Morgan fingerprint density at radius 1 is 0.741 bits per heavy atom. The van der Waals surface area contributed by atoms with Gasteiger partial charge in [0.25, 0.3) is 0 Å². The molecule has 1 aliphatic rings. The molecule has 0 saturated heterocycles. The molecule has 0 heterocycles. The highest BCUT2D eigenvalue weighted by Gasteiger charge is 2.31. The molecule has 0 aromatic heterocycles. The van der Waals surface area contributed by atoms with E-state index in [0.29, 0.717) is 6.61 Å². The molecule has 0 atom stereocenters. The average molecular weight is 383 g/mol. The Bertz CT molecular complexity index is 397. The minimum Gasteiger partial charge on any atom is -0.465 e. The van der Waals surface area contributed by atoms with E-state index in [0.717, 1.165) is 38.5 Å². The lowest BCUT2D eigenvalue weighted by molar-refractivity contribution is -0.157. The third-order valence-corrected chi connectivity index (χ3v) is 5.49. The topological polar surface area (TPSA) is 52.6 Å². The summed E-state index contributed by atoms with van der Waals surface area (Å²) in [5, 5.41) is 0. The normalized spacial score (nSPS) is 19.9. The first-order valence-corrected chi connectivity index (χ1v) is 11.4. The van der Waals surface area contributed by atoms with Gasteiger partial charge in [0.1, 0.15) is 0 Å². The Morgan fingerprint density at radius 3 is 1.67 bits per heavy atom. The molecule has 4 nitrogen and oxygen atoms in total. The molecule has 0 N–H and O–H groups in total. The summed E-state index contributed by atoms with van der Waals surface area (Å²) in [4.78, 5) is 24.1. The van der Waals surface area contributed by atoms with Crippen LogP contribution in [0.5, 0.6) is 0 Å². The van der Waals surface area contributed by atoms with Crippen LogP contribution in [0.3, 0.4) is 0 Å². The summed E-state index contributed by atoms with van der Waals surface area (Å²) in [6.07, 6.45) is 15.7. The van der Waals surface area contributed by atoms with Crippen LogP contribution in [-0.4, -0.2) is 24.6 Å². The first kappa shape index (κ1) is 24.0. The van der Waals surface area contributed by atoms with Crippen molar-refractivity contribution in [2.75, 3.05) is 6.61 Å². The maximum atomic E-state index is 12.2. The molecule has 0 aromatic rings. The van der Waals surface area contributed by atoms with Crippen molar-refractivity contribution in [3.8, 4) is 0 Å². The Kier molecular flexibility index (Phi) is 13.3. The predicted octanol–water partition coefficient (Wildman–Crippen LogP) is 6.21. The molecule has 0 aromatic carbocycles. The van der Waals surface area contributed by atoms with E-state index in [-0.39, 0.29) is 29.9 Å². The molecule has 4 heteroatoms. The number of carbonyl (C=O) groups excluding carboxylic acids is 2. The minimum absolute atomic E-state index is 0.0313. The van der Waals surface area contributed by atoms with Gasteiger partial charge < -0.3 is 9.47 Å². The summed E-state index contributed by atoms with van der Waals surface area (Å²) in [7, 11) is 0. The van der Waals surface area contributed by atoms with Gasteiger partial charge in [-0.25, -0.2) is 0 Å². The second-order valence-corrected chi connectivity index (χ2v) is 8.38. The fourth-order valence-corrected chi connectivity index (χ4v) is 3.77. The summed E-state index contributed by atoms with van der Waals surface area (Å²) in [6, 6.07) is 0. The zero-order valence-corrected chi connectivity index (χ0v) is 18.0. The maximum Gasteiger partial charge on any atom is 0.309 e. The van der Waals surface area contributed by atoms with Gasteiger partial charge in [-0.1, -0.05) is 64.7 Å². The summed E-state index contributed by atoms with van der Waals surface area (Å²) in [6.45, 7) is 6.54.